The Bertz CT molecular complexity index is 1360. The fraction of sp³-hybridized carbons (Fsp3) is 0.583. The molecule has 2 aliphatic heterocycles. The molecule has 40 heavy (non-hydrogen) atoms. The number of benzene rings is 1. The number of ether oxygens (including phenoxy) is 1. The summed E-state index contributed by atoms with van der Waals surface area (Å²) >= 11 is 5.87. The minimum absolute atomic E-state index is 0.0440. The van der Waals surface area contributed by atoms with Gasteiger partial charge >= 0.3 is 19.4 Å². The Morgan fingerprint density at radius 1 is 1.30 bits per heavy atom. The van der Waals surface area contributed by atoms with Crippen LogP contribution in [0.25, 0.3) is 0 Å². The van der Waals surface area contributed by atoms with E-state index in [1.54, 1.807) is 13.1 Å². The second-order valence-electron chi connectivity index (χ2n) is 11.2. The van der Waals surface area contributed by atoms with Gasteiger partial charge in [0.2, 0.25) is 6.23 Å². The largest absolute Gasteiger partial charge is 0.475 e. The minimum atomic E-state index is -4.28. The number of hydrogen-bond donors (Lipinski definition) is 1. The van der Waals surface area contributed by atoms with Crippen molar-refractivity contribution in [3.05, 3.63) is 57.3 Å². The molecule has 0 radical (unpaired) electrons. The van der Waals surface area contributed by atoms with Crippen molar-refractivity contribution in [2.45, 2.75) is 75.8 Å². The maximum Gasteiger partial charge on any atom is 0.475 e. The summed E-state index contributed by atoms with van der Waals surface area (Å²) < 4.78 is 87.5. The van der Waals surface area contributed by atoms with Gasteiger partial charge in [-0.05, 0) is 41.9 Å². The Labute approximate surface area is 235 Å². The Kier molecular flexibility index (Phi) is 8.68. The third-order valence-corrected chi connectivity index (χ3v) is 13.5. The van der Waals surface area contributed by atoms with Crippen LogP contribution in [0.5, 0.6) is 0 Å². The van der Waals surface area contributed by atoms with Gasteiger partial charge in [-0.15, -0.1) is 0 Å². The van der Waals surface area contributed by atoms with E-state index in [0.29, 0.717) is 10.1 Å². The van der Waals surface area contributed by atoms with E-state index >= 15 is 8.78 Å². The predicted molar refractivity (Wildman–Crippen MR) is 143 cm³/mol. The van der Waals surface area contributed by atoms with E-state index in [9.17, 15) is 13.8 Å². The topological polar surface area (TPSA) is 124 Å². The fourth-order valence-electron chi connectivity index (χ4n) is 4.03. The lowest BCUT2D eigenvalue weighted by Gasteiger charge is -2.40. The molecule has 2 aromatic rings. The average molecular weight is 626 g/mol. The summed E-state index contributed by atoms with van der Waals surface area (Å²) in [5, 5.41) is -0.591. The van der Waals surface area contributed by atoms with E-state index in [-0.39, 0.29) is 23.9 Å². The van der Waals surface area contributed by atoms with Crippen LogP contribution in [0.15, 0.2) is 35.3 Å². The first-order valence-electron chi connectivity index (χ1n) is 12.5. The molecule has 10 nitrogen and oxygen atoms in total. The monoisotopic (exact) mass is 625 g/mol. The molecular weight excluding hydrogens is 594 g/mol. The molecule has 4 rings (SSSR count). The van der Waals surface area contributed by atoms with Gasteiger partial charge in [0, 0.05) is 12.6 Å². The number of nitrogens with two attached hydrogens (primary N) is 1. The molecule has 0 spiro atoms. The van der Waals surface area contributed by atoms with E-state index in [4.69, 9.17) is 40.1 Å². The lowest BCUT2D eigenvalue weighted by atomic mass is 10.1. The number of rotatable bonds is 7. The standard InChI is InChI=1S/C24H32ClF3N3O7PSi/c1-23(2,3)40(4,5)38-20-18(36-21(24(20,27)28)31-10-8-19(29)30-22(31)32)13-35-39(33)34-11-9-17(37-39)14-6-7-16(26)15(25)12-14/h6-8,10,12,17-18,20-21H,9,11,13H2,1-5H3,(H2,29,30,32)/t17-,18-,20-,21-,39?/m1/s1. The summed E-state index contributed by atoms with van der Waals surface area (Å²) in [5.74, 6) is -4.49. The van der Waals surface area contributed by atoms with Crippen LogP contribution in [0.2, 0.25) is 23.2 Å². The number of nitrogens with zero attached hydrogens (tertiary/aromatic N) is 2. The first-order valence-corrected chi connectivity index (χ1v) is 17.3. The molecule has 0 aliphatic carbocycles. The summed E-state index contributed by atoms with van der Waals surface area (Å²) in [5.41, 5.74) is 4.92. The van der Waals surface area contributed by atoms with Gasteiger partial charge in [-0.1, -0.05) is 38.4 Å². The summed E-state index contributed by atoms with van der Waals surface area (Å²) in [7, 11) is -7.10. The van der Waals surface area contributed by atoms with Crippen molar-refractivity contribution in [2.24, 2.45) is 0 Å². The normalized spacial score (nSPS) is 29.0. The first kappa shape index (κ1) is 31.2. The summed E-state index contributed by atoms with van der Waals surface area (Å²) in [6.45, 7) is 8.52. The van der Waals surface area contributed by atoms with E-state index in [1.165, 1.54) is 18.2 Å². The molecule has 2 aliphatic rings. The molecule has 0 amide bonds. The van der Waals surface area contributed by atoms with Crippen LogP contribution in [0.1, 0.15) is 45.1 Å². The highest BCUT2D eigenvalue weighted by atomic mass is 35.5. The number of phosphoric acid groups is 1. The smallest absolute Gasteiger partial charge is 0.405 e. The van der Waals surface area contributed by atoms with Crippen LogP contribution in [-0.4, -0.2) is 49.2 Å². The van der Waals surface area contributed by atoms with E-state index in [0.717, 1.165) is 12.3 Å². The van der Waals surface area contributed by atoms with E-state index < -0.39 is 69.8 Å². The molecule has 2 fully saturated rings. The molecule has 2 N–H and O–H groups in total. The first-order chi connectivity index (χ1) is 18.4. The zero-order chi connectivity index (χ0) is 29.7. The SMILES string of the molecule is CC(C)(C)[Si](C)(C)O[C@@H]1[C@@H](COP2(=O)OCC[C@H](c3ccc(F)c(Cl)c3)O2)O[C@@H](n2ccc(N)nc2=O)C1(F)F. The summed E-state index contributed by atoms with van der Waals surface area (Å²) in [4.78, 5) is 15.9. The maximum atomic E-state index is 15.9. The molecule has 1 aromatic heterocycles. The lowest BCUT2D eigenvalue weighted by molar-refractivity contribution is -0.138. The molecule has 16 heteroatoms. The number of halogens is 4. The van der Waals surface area contributed by atoms with Gasteiger partial charge in [0.25, 0.3) is 0 Å². The van der Waals surface area contributed by atoms with Gasteiger partial charge in [-0.2, -0.15) is 13.8 Å². The number of aromatic nitrogens is 2. The van der Waals surface area contributed by atoms with Crippen LogP contribution in [0, 0.1) is 5.82 Å². The molecule has 0 saturated carbocycles. The summed E-state index contributed by atoms with van der Waals surface area (Å²) in [6.07, 6.45) is -4.93. The molecule has 2 saturated heterocycles. The van der Waals surface area contributed by atoms with E-state index in [2.05, 4.69) is 4.98 Å². The van der Waals surface area contributed by atoms with Crippen molar-refractivity contribution < 1.29 is 40.5 Å². The molecule has 222 valence electrons. The van der Waals surface area contributed by atoms with Crippen LogP contribution < -0.4 is 11.4 Å². The van der Waals surface area contributed by atoms with Crippen LogP contribution in [-0.2, 0) is 27.3 Å². The molecule has 1 aromatic carbocycles. The van der Waals surface area contributed by atoms with Gasteiger partial charge in [0.1, 0.15) is 23.8 Å². The Morgan fingerprint density at radius 2 is 2.00 bits per heavy atom. The van der Waals surface area contributed by atoms with Gasteiger partial charge in [-0.3, -0.25) is 18.1 Å². The number of anilines is 1. The second-order valence-corrected chi connectivity index (χ2v) is 18.0. The molecule has 1 unspecified atom stereocenters. The van der Waals surface area contributed by atoms with Crippen molar-refractivity contribution in [1.29, 1.82) is 0 Å². The summed E-state index contributed by atoms with van der Waals surface area (Å²) in [6, 6.07) is 5.10. The second kappa shape index (κ2) is 11.1. The Morgan fingerprint density at radius 3 is 2.62 bits per heavy atom. The van der Waals surface area contributed by atoms with Gasteiger partial charge < -0.3 is 14.9 Å². The average Bonchev–Trinajstić information content (AvgIpc) is 3.08. The maximum absolute atomic E-state index is 15.9. The highest BCUT2D eigenvalue weighted by Gasteiger charge is 2.63. The number of alkyl halides is 2. The fourth-order valence-corrected chi connectivity index (χ4v) is 6.91. The number of hydrogen-bond acceptors (Lipinski definition) is 9. The van der Waals surface area contributed by atoms with Crippen LogP contribution >= 0.6 is 19.4 Å². The Balaban J connectivity index is 1.59. The molecule has 0 bridgehead atoms. The van der Waals surface area contributed by atoms with Crippen molar-refractivity contribution in [3.8, 4) is 0 Å². The molecule has 3 heterocycles. The third kappa shape index (κ3) is 6.34. The number of phosphoric ester groups is 1. The van der Waals surface area contributed by atoms with Crippen LogP contribution in [0.4, 0.5) is 19.0 Å². The molecule has 5 atom stereocenters. The number of nitrogen functional groups attached to an aromatic ring is 1. The zero-order valence-electron chi connectivity index (χ0n) is 22.6. The van der Waals surface area contributed by atoms with Crippen molar-refractivity contribution in [2.75, 3.05) is 18.9 Å². The lowest BCUT2D eigenvalue weighted by Crippen LogP contribution is -2.52. The predicted octanol–water partition coefficient (Wildman–Crippen LogP) is 5.84. The third-order valence-electron chi connectivity index (χ3n) is 7.28. The van der Waals surface area contributed by atoms with Crippen molar-refractivity contribution in [3.63, 3.8) is 0 Å². The van der Waals surface area contributed by atoms with Crippen molar-refractivity contribution >= 4 is 33.6 Å². The highest BCUT2D eigenvalue weighted by Crippen LogP contribution is 2.58. The Hall–Kier alpha value is -1.77. The quantitative estimate of drug-likeness (QED) is 0.298. The zero-order valence-corrected chi connectivity index (χ0v) is 25.3. The van der Waals surface area contributed by atoms with Crippen molar-refractivity contribution in [1.82, 2.24) is 9.55 Å². The van der Waals surface area contributed by atoms with Gasteiger partial charge in [0.05, 0.1) is 24.3 Å². The van der Waals surface area contributed by atoms with E-state index in [1.807, 2.05) is 20.8 Å². The van der Waals surface area contributed by atoms with Gasteiger partial charge in [-0.25, -0.2) is 13.8 Å². The van der Waals surface area contributed by atoms with Gasteiger partial charge in [0.15, 0.2) is 8.32 Å². The molecular formula is C24H32ClF3N3O7PSi. The minimum Gasteiger partial charge on any atom is -0.405 e. The highest BCUT2D eigenvalue weighted by molar-refractivity contribution is 7.48. The van der Waals surface area contributed by atoms with Crippen LogP contribution in [0.3, 0.4) is 0 Å².